The van der Waals surface area contributed by atoms with Crippen molar-refractivity contribution in [1.82, 2.24) is 0 Å². The lowest BCUT2D eigenvalue weighted by Crippen LogP contribution is -2.31. The fourth-order valence-electron chi connectivity index (χ4n) is 1.43. The van der Waals surface area contributed by atoms with Gasteiger partial charge in [0, 0.05) is 14.2 Å². The van der Waals surface area contributed by atoms with E-state index in [9.17, 15) is 4.79 Å². The number of rotatable bonds is 4. The van der Waals surface area contributed by atoms with Crippen molar-refractivity contribution in [1.29, 1.82) is 0 Å². The Hall–Kier alpha value is -1.33. The molecular formula is C10H14O5. The van der Waals surface area contributed by atoms with E-state index in [0.29, 0.717) is 5.76 Å². The molecule has 0 spiro atoms. The molecule has 5 nitrogen and oxygen atoms in total. The maximum atomic E-state index is 10.9. The van der Waals surface area contributed by atoms with Crippen LogP contribution in [0, 0.1) is 0 Å². The molecule has 5 heteroatoms. The molecule has 1 rings (SSSR count). The minimum Gasteiger partial charge on any atom is -0.496 e. The summed E-state index contributed by atoms with van der Waals surface area (Å²) in [6.07, 6.45) is 2.35. The van der Waals surface area contributed by atoms with Crippen LogP contribution in [0.1, 0.15) is 0 Å². The Morgan fingerprint density at radius 1 is 1.20 bits per heavy atom. The predicted molar refractivity (Wildman–Crippen MR) is 52.4 cm³/mol. The minimum atomic E-state index is -1.04. The number of hydrogen-bond acceptors (Lipinski definition) is 4. The Bertz CT molecular complexity index is 305. The lowest BCUT2D eigenvalue weighted by Gasteiger charge is -2.25. The zero-order valence-corrected chi connectivity index (χ0v) is 8.89. The lowest BCUT2D eigenvalue weighted by atomic mass is 10.0. The first-order chi connectivity index (χ1) is 7.13. The van der Waals surface area contributed by atoms with Gasteiger partial charge in [-0.1, -0.05) is 0 Å². The molecule has 1 aliphatic carbocycles. The number of carbonyl (C=O) groups is 1. The van der Waals surface area contributed by atoms with E-state index in [4.69, 9.17) is 19.3 Å². The Kier molecular flexibility index (Phi) is 3.88. The number of ether oxygens (including phenoxy) is 3. The Balaban J connectivity index is 3.01. The lowest BCUT2D eigenvalue weighted by molar-refractivity contribution is -0.132. The van der Waals surface area contributed by atoms with Crippen LogP contribution in [0.2, 0.25) is 0 Å². The van der Waals surface area contributed by atoms with Gasteiger partial charge in [0.25, 0.3) is 0 Å². The fraction of sp³-hybridized carbons (Fsp3) is 0.500. The Labute approximate surface area is 87.9 Å². The van der Waals surface area contributed by atoms with Crippen LogP contribution in [-0.4, -0.2) is 44.6 Å². The summed E-state index contributed by atoms with van der Waals surface area (Å²) in [6.45, 7) is 0. The molecule has 0 heterocycles. The quantitative estimate of drug-likeness (QED) is 0.741. The molecular weight excluding hydrogens is 200 g/mol. The molecule has 1 N–H and O–H groups in total. The van der Waals surface area contributed by atoms with Gasteiger partial charge in [0.1, 0.15) is 18.0 Å². The van der Waals surface area contributed by atoms with Crippen LogP contribution in [0.25, 0.3) is 0 Å². The molecule has 0 aromatic rings. The van der Waals surface area contributed by atoms with Gasteiger partial charge in [0.15, 0.2) is 0 Å². The molecule has 0 saturated heterocycles. The van der Waals surface area contributed by atoms with Crippen molar-refractivity contribution in [3.63, 3.8) is 0 Å². The van der Waals surface area contributed by atoms with Gasteiger partial charge in [-0.05, 0) is 12.2 Å². The molecule has 2 unspecified atom stereocenters. The van der Waals surface area contributed by atoms with Gasteiger partial charge in [-0.2, -0.15) is 0 Å². The summed E-state index contributed by atoms with van der Waals surface area (Å²) >= 11 is 0. The summed E-state index contributed by atoms with van der Waals surface area (Å²) in [5.41, 5.74) is 0.0950. The third kappa shape index (κ3) is 2.37. The van der Waals surface area contributed by atoms with Gasteiger partial charge >= 0.3 is 5.97 Å². The Morgan fingerprint density at radius 2 is 1.73 bits per heavy atom. The molecule has 0 aromatic carbocycles. The third-order valence-electron chi connectivity index (χ3n) is 2.23. The molecule has 0 bridgehead atoms. The third-order valence-corrected chi connectivity index (χ3v) is 2.23. The van der Waals surface area contributed by atoms with E-state index in [1.165, 1.54) is 27.4 Å². The summed E-state index contributed by atoms with van der Waals surface area (Å²) < 4.78 is 15.2. The number of hydrogen-bond donors (Lipinski definition) is 1. The first-order valence-electron chi connectivity index (χ1n) is 4.41. The van der Waals surface area contributed by atoms with E-state index in [1.54, 1.807) is 6.08 Å². The maximum Gasteiger partial charge on any atom is 0.339 e. The highest BCUT2D eigenvalue weighted by Crippen LogP contribution is 2.23. The zero-order valence-electron chi connectivity index (χ0n) is 8.89. The normalized spacial score (nSPS) is 25.5. The highest BCUT2D eigenvalue weighted by Gasteiger charge is 2.28. The predicted octanol–water partition coefficient (Wildman–Crippen LogP) is 0.571. The average molecular weight is 214 g/mol. The first kappa shape index (κ1) is 11.7. The number of methoxy groups -OCH3 is 3. The van der Waals surface area contributed by atoms with E-state index in [2.05, 4.69) is 0 Å². The molecule has 1 aliphatic rings. The van der Waals surface area contributed by atoms with Crippen LogP contribution < -0.4 is 0 Å². The summed E-state index contributed by atoms with van der Waals surface area (Å²) in [4.78, 5) is 10.9. The second-order valence-electron chi connectivity index (χ2n) is 3.02. The van der Waals surface area contributed by atoms with E-state index in [0.717, 1.165) is 0 Å². The van der Waals surface area contributed by atoms with Crippen molar-refractivity contribution in [3.8, 4) is 0 Å². The molecule has 15 heavy (non-hydrogen) atoms. The van der Waals surface area contributed by atoms with Crippen LogP contribution in [0.5, 0.6) is 0 Å². The van der Waals surface area contributed by atoms with Crippen molar-refractivity contribution < 1.29 is 24.1 Å². The van der Waals surface area contributed by atoms with Crippen molar-refractivity contribution in [3.05, 3.63) is 23.5 Å². The number of carboxylic acid groups (broad SMARTS) is 1. The number of aliphatic carboxylic acids is 1. The van der Waals surface area contributed by atoms with Crippen LogP contribution in [0.4, 0.5) is 0 Å². The molecule has 84 valence electrons. The minimum absolute atomic E-state index is 0.0950. The topological polar surface area (TPSA) is 65.0 Å². The maximum absolute atomic E-state index is 10.9. The van der Waals surface area contributed by atoms with Crippen molar-refractivity contribution in [2.45, 2.75) is 12.2 Å². The average Bonchev–Trinajstić information content (AvgIpc) is 2.26. The SMILES string of the molecule is COC1=CC(OC)C(OC)C=C1C(=O)O. The zero-order chi connectivity index (χ0) is 11.4. The second-order valence-corrected chi connectivity index (χ2v) is 3.02. The summed E-state index contributed by atoms with van der Waals surface area (Å²) in [6, 6.07) is 0. The molecule has 0 aromatic heterocycles. The molecule has 0 saturated carbocycles. The molecule has 0 radical (unpaired) electrons. The van der Waals surface area contributed by atoms with Crippen LogP contribution in [-0.2, 0) is 19.0 Å². The van der Waals surface area contributed by atoms with E-state index in [-0.39, 0.29) is 11.7 Å². The summed E-state index contributed by atoms with van der Waals surface area (Å²) in [7, 11) is 4.45. The molecule has 2 atom stereocenters. The first-order valence-corrected chi connectivity index (χ1v) is 4.41. The number of carboxylic acids is 1. The summed E-state index contributed by atoms with van der Waals surface area (Å²) in [5.74, 6) is -0.748. The molecule has 0 amide bonds. The van der Waals surface area contributed by atoms with Gasteiger partial charge in [-0.3, -0.25) is 0 Å². The molecule has 0 fully saturated rings. The van der Waals surface area contributed by atoms with Crippen LogP contribution in [0.15, 0.2) is 23.5 Å². The van der Waals surface area contributed by atoms with Crippen molar-refractivity contribution in [2.24, 2.45) is 0 Å². The van der Waals surface area contributed by atoms with E-state index in [1.807, 2.05) is 0 Å². The molecule has 0 aliphatic heterocycles. The standard InChI is InChI=1S/C10H14O5/c1-13-7-5-9(15-3)8(14-2)4-6(7)10(11)12/h4-5,8-9H,1-3H3,(H,11,12). The van der Waals surface area contributed by atoms with Gasteiger partial charge < -0.3 is 19.3 Å². The highest BCUT2D eigenvalue weighted by atomic mass is 16.5. The van der Waals surface area contributed by atoms with E-state index >= 15 is 0 Å². The van der Waals surface area contributed by atoms with Crippen LogP contribution in [0.3, 0.4) is 0 Å². The van der Waals surface area contributed by atoms with E-state index < -0.39 is 12.1 Å². The monoisotopic (exact) mass is 214 g/mol. The van der Waals surface area contributed by atoms with Gasteiger partial charge in [0.2, 0.25) is 0 Å². The smallest absolute Gasteiger partial charge is 0.339 e. The van der Waals surface area contributed by atoms with Gasteiger partial charge in [0.05, 0.1) is 12.7 Å². The largest absolute Gasteiger partial charge is 0.496 e. The Morgan fingerprint density at radius 3 is 2.13 bits per heavy atom. The van der Waals surface area contributed by atoms with Crippen LogP contribution >= 0.6 is 0 Å². The fourth-order valence-corrected chi connectivity index (χ4v) is 1.43. The van der Waals surface area contributed by atoms with Crippen molar-refractivity contribution >= 4 is 5.97 Å². The van der Waals surface area contributed by atoms with Gasteiger partial charge in [-0.15, -0.1) is 0 Å². The summed E-state index contributed by atoms with van der Waals surface area (Å²) in [5, 5.41) is 8.93. The van der Waals surface area contributed by atoms with Gasteiger partial charge in [-0.25, -0.2) is 4.79 Å². The highest BCUT2D eigenvalue weighted by molar-refractivity contribution is 5.91. The second kappa shape index (κ2) is 4.95. The van der Waals surface area contributed by atoms with Crippen molar-refractivity contribution in [2.75, 3.05) is 21.3 Å².